The van der Waals surface area contributed by atoms with Crippen molar-refractivity contribution < 1.29 is 13.5 Å². The number of nitrogens with one attached hydrogen (secondary N) is 1. The van der Waals surface area contributed by atoms with E-state index >= 15 is 0 Å². The molecule has 2 aromatic heterocycles. The van der Waals surface area contributed by atoms with Crippen LogP contribution in [0.15, 0.2) is 42.7 Å². The number of rotatable bonds is 4. The van der Waals surface area contributed by atoms with Gasteiger partial charge in [0, 0.05) is 42.0 Å². The van der Waals surface area contributed by atoms with Gasteiger partial charge in [-0.1, -0.05) is 12.1 Å². The number of nitrogens with zero attached hydrogens (tertiary/aromatic N) is 4. The van der Waals surface area contributed by atoms with Crippen LogP contribution in [0.5, 0.6) is 0 Å². The minimum atomic E-state index is -0.562. The summed E-state index contributed by atoms with van der Waals surface area (Å²) in [5.74, 6) is -1.12. The van der Waals surface area contributed by atoms with Crippen molar-refractivity contribution in [2.24, 2.45) is 0 Å². The van der Waals surface area contributed by atoms with Crippen molar-refractivity contribution in [2.75, 3.05) is 26.3 Å². The fourth-order valence-electron chi connectivity index (χ4n) is 3.90. The Morgan fingerprint density at radius 3 is 2.55 bits per heavy atom. The first kappa shape index (κ1) is 19.7. The Bertz CT molecular complexity index is 1230. The molecular weight excluding hydrogens is 400 g/mol. The second-order valence-electron chi connectivity index (χ2n) is 7.64. The lowest BCUT2D eigenvalue weighted by atomic mass is 10.0. The van der Waals surface area contributed by atoms with Gasteiger partial charge in [-0.2, -0.15) is 5.10 Å². The quantitative estimate of drug-likeness (QED) is 0.537. The molecule has 1 N–H and O–H groups in total. The minimum Gasteiger partial charge on any atom is -0.379 e. The van der Waals surface area contributed by atoms with Gasteiger partial charge in [0.05, 0.1) is 42.3 Å². The zero-order valence-electron chi connectivity index (χ0n) is 17.0. The molecule has 158 valence electrons. The van der Waals surface area contributed by atoms with Gasteiger partial charge in [0.1, 0.15) is 11.6 Å². The Kier molecular flexibility index (Phi) is 5.17. The van der Waals surface area contributed by atoms with Gasteiger partial charge in [0.25, 0.3) is 0 Å². The molecule has 0 bridgehead atoms. The van der Waals surface area contributed by atoms with Crippen LogP contribution < -0.4 is 0 Å². The van der Waals surface area contributed by atoms with E-state index in [4.69, 9.17) is 9.72 Å². The molecule has 2 aromatic carbocycles. The number of aryl methyl sites for hydroxylation is 1. The normalized spacial score (nSPS) is 14.9. The Labute approximate surface area is 177 Å². The predicted molar refractivity (Wildman–Crippen MR) is 113 cm³/mol. The van der Waals surface area contributed by atoms with Crippen molar-refractivity contribution >= 4 is 11.0 Å². The van der Waals surface area contributed by atoms with E-state index in [2.05, 4.69) is 15.2 Å². The third kappa shape index (κ3) is 3.80. The zero-order chi connectivity index (χ0) is 21.4. The number of H-pyrrole nitrogens is 1. The van der Waals surface area contributed by atoms with E-state index in [1.54, 1.807) is 18.5 Å². The molecule has 8 heteroatoms. The third-order valence-corrected chi connectivity index (χ3v) is 5.62. The fraction of sp³-hybridized carbons (Fsp3) is 0.261. The summed E-state index contributed by atoms with van der Waals surface area (Å²) in [5, 5.41) is 6.92. The van der Waals surface area contributed by atoms with Crippen molar-refractivity contribution in [3.8, 4) is 22.4 Å². The molecule has 0 unspecified atom stereocenters. The number of hydrogen-bond acceptors (Lipinski definition) is 5. The van der Waals surface area contributed by atoms with Gasteiger partial charge in [-0.05, 0) is 30.7 Å². The predicted octanol–water partition coefficient (Wildman–Crippen LogP) is 4.11. The van der Waals surface area contributed by atoms with Crippen LogP contribution >= 0.6 is 0 Å². The lowest BCUT2D eigenvalue weighted by molar-refractivity contribution is 0.0332. The van der Waals surface area contributed by atoms with Gasteiger partial charge in [-0.25, -0.2) is 13.8 Å². The van der Waals surface area contributed by atoms with Crippen LogP contribution in [0.25, 0.3) is 33.4 Å². The molecule has 1 fully saturated rings. The highest BCUT2D eigenvalue weighted by molar-refractivity contribution is 5.92. The number of aromatic nitrogens is 4. The highest BCUT2D eigenvalue weighted by atomic mass is 19.1. The van der Waals surface area contributed by atoms with E-state index in [0.717, 1.165) is 11.3 Å². The Balaban J connectivity index is 1.56. The zero-order valence-corrected chi connectivity index (χ0v) is 17.0. The molecule has 0 saturated carbocycles. The standard InChI is InChI=1S/C23H21F2N5O/c1-14-17(11-27-29-14)22-12-26-21-4-2-3-16(23(21)28-22)15-9-19(24)18(20(25)10-15)13-30-5-7-31-8-6-30/h2-4,9-12H,5-8,13H2,1H3,(H,27,29). The summed E-state index contributed by atoms with van der Waals surface area (Å²) in [6.07, 6.45) is 3.37. The highest BCUT2D eigenvalue weighted by Gasteiger charge is 2.19. The monoisotopic (exact) mass is 421 g/mol. The molecule has 0 radical (unpaired) electrons. The second-order valence-corrected chi connectivity index (χ2v) is 7.64. The van der Waals surface area contributed by atoms with E-state index in [0.29, 0.717) is 54.2 Å². The van der Waals surface area contributed by atoms with Crippen LogP contribution in [0.3, 0.4) is 0 Å². The van der Waals surface area contributed by atoms with E-state index in [1.807, 2.05) is 24.0 Å². The van der Waals surface area contributed by atoms with Crippen LogP contribution in [0.4, 0.5) is 8.78 Å². The molecule has 31 heavy (non-hydrogen) atoms. The summed E-state index contributed by atoms with van der Waals surface area (Å²) in [4.78, 5) is 11.2. The Hall–Kier alpha value is -3.23. The van der Waals surface area contributed by atoms with Crippen molar-refractivity contribution in [3.63, 3.8) is 0 Å². The molecule has 3 heterocycles. The minimum absolute atomic E-state index is 0.0756. The smallest absolute Gasteiger partial charge is 0.131 e. The van der Waals surface area contributed by atoms with Gasteiger partial charge in [-0.15, -0.1) is 0 Å². The molecule has 1 saturated heterocycles. The van der Waals surface area contributed by atoms with Gasteiger partial charge in [-0.3, -0.25) is 15.0 Å². The van der Waals surface area contributed by atoms with Crippen molar-refractivity contribution in [2.45, 2.75) is 13.5 Å². The summed E-state index contributed by atoms with van der Waals surface area (Å²) in [7, 11) is 0. The topological polar surface area (TPSA) is 66.9 Å². The average molecular weight is 421 g/mol. The Morgan fingerprint density at radius 2 is 1.84 bits per heavy atom. The summed E-state index contributed by atoms with van der Waals surface area (Å²) < 4.78 is 35.2. The number of ether oxygens (including phenoxy) is 1. The van der Waals surface area contributed by atoms with E-state index < -0.39 is 11.6 Å². The van der Waals surface area contributed by atoms with Crippen molar-refractivity contribution in [3.05, 3.63) is 65.6 Å². The molecule has 0 amide bonds. The van der Waals surface area contributed by atoms with Gasteiger partial charge in [0.2, 0.25) is 0 Å². The number of benzene rings is 2. The lowest BCUT2D eigenvalue weighted by Crippen LogP contribution is -2.36. The van der Waals surface area contributed by atoms with Crippen molar-refractivity contribution in [1.82, 2.24) is 25.1 Å². The highest BCUT2D eigenvalue weighted by Crippen LogP contribution is 2.31. The van der Waals surface area contributed by atoms with Crippen LogP contribution in [0.1, 0.15) is 11.3 Å². The number of halogens is 2. The first-order valence-corrected chi connectivity index (χ1v) is 10.1. The maximum atomic E-state index is 15.0. The maximum absolute atomic E-state index is 15.0. The molecular formula is C23H21F2N5O. The van der Waals surface area contributed by atoms with Crippen LogP contribution in [0.2, 0.25) is 0 Å². The largest absolute Gasteiger partial charge is 0.379 e. The number of para-hydroxylation sites is 1. The lowest BCUT2D eigenvalue weighted by Gasteiger charge is -2.27. The van der Waals surface area contributed by atoms with Crippen LogP contribution in [0, 0.1) is 18.6 Å². The summed E-state index contributed by atoms with van der Waals surface area (Å²) >= 11 is 0. The molecule has 1 aliphatic heterocycles. The molecule has 6 nitrogen and oxygen atoms in total. The Morgan fingerprint density at radius 1 is 1.06 bits per heavy atom. The van der Waals surface area contributed by atoms with E-state index in [9.17, 15) is 8.78 Å². The van der Waals surface area contributed by atoms with Gasteiger partial charge < -0.3 is 4.74 Å². The van der Waals surface area contributed by atoms with Gasteiger partial charge >= 0.3 is 0 Å². The van der Waals surface area contributed by atoms with Crippen LogP contribution in [-0.2, 0) is 11.3 Å². The average Bonchev–Trinajstić information content (AvgIpc) is 3.22. The molecule has 4 aromatic rings. The van der Waals surface area contributed by atoms with Crippen molar-refractivity contribution in [1.29, 1.82) is 0 Å². The van der Waals surface area contributed by atoms with E-state index in [-0.39, 0.29) is 12.1 Å². The number of fused-ring (bicyclic) bond motifs is 1. The summed E-state index contributed by atoms with van der Waals surface area (Å²) in [6, 6.07) is 8.21. The maximum Gasteiger partial charge on any atom is 0.131 e. The van der Waals surface area contributed by atoms with Crippen LogP contribution in [-0.4, -0.2) is 51.4 Å². The second kappa shape index (κ2) is 8.13. The first-order chi connectivity index (χ1) is 15.1. The number of aromatic amines is 1. The number of hydrogen-bond donors (Lipinski definition) is 1. The first-order valence-electron chi connectivity index (χ1n) is 10.1. The summed E-state index contributed by atoms with van der Waals surface area (Å²) in [5.41, 5.74) is 4.73. The molecule has 0 spiro atoms. The molecule has 0 atom stereocenters. The third-order valence-electron chi connectivity index (χ3n) is 5.62. The SMILES string of the molecule is Cc1[nH]ncc1-c1cnc2cccc(-c3cc(F)c(CN4CCOCC4)c(F)c3)c2n1. The summed E-state index contributed by atoms with van der Waals surface area (Å²) in [6.45, 7) is 4.60. The van der Waals surface area contributed by atoms with E-state index in [1.165, 1.54) is 12.1 Å². The fourth-order valence-corrected chi connectivity index (χ4v) is 3.90. The molecule has 0 aliphatic carbocycles. The molecule has 1 aliphatic rings. The van der Waals surface area contributed by atoms with Gasteiger partial charge in [0.15, 0.2) is 0 Å². The molecule has 5 rings (SSSR count). The number of morpholine rings is 1.